The lowest BCUT2D eigenvalue weighted by atomic mass is 10.2. The van der Waals surface area contributed by atoms with Gasteiger partial charge in [0.05, 0.1) is 10.2 Å². The Bertz CT molecular complexity index is 675. The number of nitrogens with zero attached hydrogens (tertiary/aromatic N) is 3. The summed E-state index contributed by atoms with van der Waals surface area (Å²) in [7, 11) is 2.12. The highest BCUT2D eigenvalue weighted by molar-refractivity contribution is 7.17. The van der Waals surface area contributed by atoms with Crippen molar-refractivity contribution in [2.24, 2.45) is 0 Å². The van der Waals surface area contributed by atoms with Gasteiger partial charge in [-0.25, -0.2) is 0 Å². The Morgan fingerprint density at radius 2 is 1.91 bits per heavy atom. The topological polar surface area (TPSA) is 28.5 Å². The molecule has 1 amide bonds. The van der Waals surface area contributed by atoms with Crippen molar-refractivity contribution in [3.05, 3.63) is 23.2 Å². The van der Waals surface area contributed by atoms with E-state index in [-0.39, 0.29) is 5.91 Å². The van der Waals surface area contributed by atoms with Gasteiger partial charge < -0.3 is 14.4 Å². The minimum absolute atomic E-state index is 0.225. The molecule has 2 aliphatic rings. The zero-order valence-electron chi connectivity index (χ0n) is 13.1. The molecule has 1 saturated carbocycles. The first kappa shape index (κ1) is 14.3. The van der Waals surface area contributed by atoms with Crippen LogP contribution in [0.25, 0.3) is 10.2 Å². The first-order valence-corrected chi connectivity index (χ1v) is 9.18. The van der Waals surface area contributed by atoms with Crippen molar-refractivity contribution in [1.82, 2.24) is 14.4 Å². The molecule has 0 atom stereocenters. The van der Waals surface area contributed by atoms with Gasteiger partial charge in [-0.3, -0.25) is 4.79 Å². The number of likely N-dealkylation sites (N-methyl/N-ethyl adjacent to an activating group) is 1. The Labute approximate surface area is 135 Å². The largest absolute Gasteiger partial charge is 0.335 e. The smallest absolute Gasteiger partial charge is 0.270 e. The monoisotopic (exact) mass is 317 g/mol. The summed E-state index contributed by atoms with van der Waals surface area (Å²) in [6, 6.07) is 4.82. The van der Waals surface area contributed by atoms with Gasteiger partial charge in [-0.1, -0.05) is 12.8 Å². The van der Waals surface area contributed by atoms with Gasteiger partial charge in [0.2, 0.25) is 0 Å². The van der Waals surface area contributed by atoms with E-state index in [9.17, 15) is 4.79 Å². The van der Waals surface area contributed by atoms with E-state index in [0.717, 1.165) is 31.9 Å². The molecular weight excluding hydrogens is 294 g/mol. The van der Waals surface area contributed by atoms with E-state index in [1.165, 1.54) is 35.9 Å². The molecule has 5 heteroatoms. The molecule has 0 aromatic carbocycles. The lowest BCUT2D eigenvalue weighted by molar-refractivity contribution is 0.0651. The van der Waals surface area contributed by atoms with Gasteiger partial charge in [0, 0.05) is 32.2 Å². The molecule has 118 valence electrons. The Kier molecular flexibility index (Phi) is 3.70. The number of amides is 1. The Morgan fingerprint density at radius 3 is 2.64 bits per heavy atom. The van der Waals surface area contributed by atoms with Crippen molar-refractivity contribution in [2.45, 2.75) is 31.7 Å². The van der Waals surface area contributed by atoms with Crippen LogP contribution in [0.15, 0.2) is 17.5 Å². The first-order chi connectivity index (χ1) is 10.7. The van der Waals surface area contributed by atoms with Crippen LogP contribution < -0.4 is 0 Å². The molecule has 0 bridgehead atoms. The van der Waals surface area contributed by atoms with Crippen LogP contribution in [-0.2, 0) is 0 Å². The van der Waals surface area contributed by atoms with Crippen molar-refractivity contribution >= 4 is 27.5 Å². The van der Waals surface area contributed by atoms with Crippen LogP contribution in [0.4, 0.5) is 0 Å². The summed E-state index contributed by atoms with van der Waals surface area (Å²) >= 11 is 1.75. The Balaban J connectivity index is 1.69. The summed E-state index contributed by atoms with van der Waals surface area (Å²) < 4.78 is 3.60. The summed E-state index contributed by atoms with van der Waals surface area (Å²) in [4.78, 5) is 17.4. The van der Waals surface area contributed by atoms with Gasteiger partial charge in [0.15, 0.2) is 0 Å². The standard InChI is InChI=1S/C17H23N3OS/c1-18-7-9-19(10-8-18)17(21)15-12-16-14(6-11-22-16)20(15)13-4-2-3-5-13/h6,11-13H,2-5,7-10H2,1H3. The van der Waals surface area contributed by atoms with Crippen molar-refractivity contribution < 1.29 is 4.79 Å². The van der Waals surface area contributed by atoms with Gasteiger partial charge in [-0.15, -0.1) is 11.3 Å². The van der Waals surface area contributed by atoms with Gasteiger partial charge in [-0.2, -0.15) is 0 Å². The third-order valence-corrected chi connectivity index (χ3v) is 6.01. The summed E-state index contributed by atoms with van der Waals surface area (Å²) in [5, 5.41) is 2.14. The Morgan fingerprint density at radius 1 is 1.18 bits per heavy atom. The highest BCUT2D eigenvalue weighted by atomic mass is 32.1. The van der Waals surface area contributed by atoms with Gasteiger partial charge in [0.1, 0.15) is 5.69 Å². The summed E-state index contributed by atoms with van der Waals surface area (Å²) in [6.45, 7) is 3.64. The number of hydrogen-bond donors (Lipinski definition) is 0. The van der Waals surface area contributed by atoms with Crippen LogP contribution >= 0.6 is 11.3 Å². The number of thiophene rings is 1. The molecular formula is C17H23N3OS. The van der Waals surface area contributed by atoms with Gasteiger partial charge in [0.25, 0.3) is 5.91 Å². The average Bonchev–Trinajstić information content (AvgIpc) is 3.23. The molecule has 4 nitrogen and oxygen atoms in total. The van der Waals surface area contributed by atoms with Crippen LogP contribution in [-0.4, -0.2) is 53.5 Å². The van der Waals surface area contributed by atoms with E-state index in [2.05, 4.69) is 34.0 Å². The van der Waals surface area contributed by atoms with Crippen molar-refractivity contribution in [2.75, 3.05) is 33.2 Å². The quantitative estimate of drug-likeness (QED) is 0.851. The first-order valence-electron chi connectivity index (χ1n) is 8.30. The van der Waals surface area contributed by atoms with E-state index in [1.807, 2.05) is 4.90 Å². The lowest BCUT2D eigenvalue weighted by Gasteiger charge is -2.33. The van der Waals surface area contributed by atoms with Gasteiger partial charge in [-0.05, 0) is 37.4 Å². The second-order valence-corrected chi connectivity index (χ2v) is 7.55. The van der Waals surface area contributed by atoms with Crippen LogP contribution in [0.1, 0.15) is 42.2 Å². The molecule has 22 heavy (non-hydrogen) atoms. The highest BCUT2D eigenvalue weighted by Gasteiger charge is 2.28. The fourth-order valence-electron chi connectivity index (χ4n) is 3.84. The third-order valence-electron chi connectivity index (χ3n) is 5.16. The van der Waals surface area contributed by atoms with Crippen molar-refractivity contribution in [3.8, 4) is 0 Å². The molecule has 1 saturated heterocycles. The number of hydrogen-bond acceptors (Lipinski definition) is 3. The number of piperazine rings is 1. The summed E-state index contributed by atoms with van der Waals surface area (Å²) in [5.41, 5.74) is 2.17. The predicted molar refractivity (Wildman–Crippen MR) is 90.7 cm³/mol. The fraction of sp³-hybridized carbons (Fsp3) is 0.588. The number of aromatic nitrogens is 1. The zero-order chi connectivity index (χ0) is 15.1. The minimum Gasteiger partial charge on any atom is -0.335 e. The maximum absolute atomic E-state index is 13.0. The number of carbonyl (C=O) groups excluding carboxylic acids is 1. The number of carbonyl (C=O) groups is 1. The van der Waals surface area contributed by atoms with E-state index >= 15 is 0 Å². The molecule has 0 unspecified atom stereocenters. The number of fused-ring (bicyclic) bond motifs is 1. The maximum Gasteiger partial charge on any atom is 0.270 e. The number of rotatable bonds is 2. The molecule has 0 radical (unpaired) electrons. The molecule has 4 rings (SSSR count). The van der Waals surface area contributed by atoms with Crippen molar-refractivity contribution in [3.63, 3.8) is 0 Å². The van der Waals surface area contributed by atoms with Gasteiger partial charge >= 0.3 is 0 Å². The molecule has 2 aromatic rings. The normalized spacial score (nSPS) is 21.0. The van der Waals surface area contributed by atoms with Crippen LogP contribution in [0.2, 0.25) is 0 Å². The minimum atomic E-state index is 0.225. The average molecular weight is 317 g/mol. The lowest BCUT2D eigenvalue weighted by Crippen LogP contribution is -2.47. The van der Waals surface area contributed by atoms with E-state index in [4.69, 9.17) is 0 Å². The molecule has 0 spiro atoms. The summed E-state index contributed by atoms with van der Waals surface area (Å²) in [6.07, 6.45) is 5.00. The van der Waals surface area contributed by atoms with E-state index < -0.39 is 0 Å². The van der Waals surface area contributed by atoms with E-state index in [0.29, 0.717) is 6.04 Å². The third kappa shape index (κ3) is 2.36. The van der Waals surface area contributed by atoms with Crippen LogP contribution in [0.3, 0.4) is 0 Å². The Hall–Kier alpha value is -1.33. The molecule has 1 aliphatic heterocycles. The molecule has 1 aliphatic carbocycles. The van der Waals surface area contributed by atoms with Crippen LogP contribution in [0, 0.1) is 0 Å². The van der Waals surface area contributed by atoms with E-state index in [1.54, 1.807) is 11.3 Å². The van der Waals surface area contributed by atoms with Crippen LogP contribution in [0.5, 0.6) is 0 Å². The predicted octanol–water partition coefficient (Wildman–Crippen LogP) is 3.21. The maximum atomic E-state index is 13.0. The highest BCUT2D eigenvalue weighted by Crippen LogP contribution is 2.36. The fourth-order valence-corrected chi connectivity index (χ4v) is 4.65. The molecule has 2 fully saturated rings. The molecule has 0 N–H and O–H groups in total. The molecule has 2 aromatic heterocycles. The van der Waals surface area contributed by atoms with Crippen molar-refractivity contribution in [1.29, 1.82) is 0 Å². The molecule has 3 heterocycles. The summed E-state index contributed by atoms with van der Waals surface area (Å²) in [5.74, 6) is 0.225. The second kappa shape index (κ2) is 5.70. The SMILES string of the molecule is CN1CCN(C(=O)c2cc3sccc3n2C2CCCC2)CC1. The second-order valence-electron chi connectivity index (χ2n) is 6.60. The zero-order valence-corrected chi connectivity index (χ0v) is 13.9.